The topological polar surface area (TPSA) is 30.5 Å². The highest BCUT2D eigenvalue weighted by atomic mass is 16.5. The summed E-state index contributed by atoms with van der Waals surface area (Å²) in [5, 5.41) is 3.16. The van der Waals surface area contributed by atoms with Gasteiger partial charge in [0.05, 0.1) is 11.7 Å². The molecule has 0 heterocycles. The molecule has 92 valence electrons. The molecule has 0 saturated heterocycles. The van der Waals surface area contributed by atoms with Crippen molar-refractivity contribution in [1.82, 2.24) is 5.32 Å². The summed E-state index contributed by atoms with van der Waals surface area (Å²) in [6.45, 7) is 8.06. The van der Waals surface area contributed by atoms with Gasteiger partial charge in [-0.25, -0.2) is 0 Å². The number of rotatable bonds is 9. The van der Waals surface area contributed by atoms with Gasteiger partial charge in [0, 0.05) is 20.3 Å². The predicted molar refractivity (Wildman–Crippen MR) is 64.3 cm³/mol. The van der Waals surface area contributed by atoms with Crippen molar-refractivity contribution in [2.75, 3.05) is 27.3 Å². The molecule has 0 amide bonds. The molecule has 1 N–H and O–H groups in total. The van der Waals surface area contributed by atoms with Crippen LogP contribution in [0.3, 0.4) is 0 Å². The maximum Gasteiger partial charge on any atom is 0.0699 e. The third kappa shape index (κ3) is 7.77. The number of likely N-dealkylation sites (N-methyl/N-ethyl adjacent to an activating group) is 1. The Labute approximate surface area is 94.5 Å². The molecule has 0 rings (SSSR count). The number of hydrogen-bond donors (Lipinski definition) is 1. The molecule has 0 aromatic heterocycles. The van der Waals surface area contributed by atoms with Crippen LogP contribution in [-0.4, -0.2) is 39.0 Å². The van der Waals surface area contributed by atoms with Gasteiger partial charge in [0.15, 0.2) is 0 Å². The van der Waals surface area contributed by atoms with Crippen LogP contribution in [0.2, 0.25) is 0 Å². The van der Waals surface area contributed by atoms with Crippen LogP contribution in [0.5, 0.6) is 0 Å². The van der Waals surface area contributed by atoms with Crippen LogP contribution in [-0.2, 0) is 9.47 Å². The SMILES string of the molecule is CCCC(CNC)OCCC(C)(C)OC. The minimum atomic E-state index is -0.0730. The van der Waals surface area contributed by atoms with Gasteiger partial charge in [-0.15, -0.1) is 0 Å². The molecule has 0 fully saturated rings. The van der Waals surface area contributed by atoms with E-state index >= 15 is 0 Å². The maximum absolute atomic E-state index is 5.82. The molecular formula is C12H27NO2. The maximum atomic E-state index is 5.82. The summed E-state index contributed by atoms with van der Waals surface area (Å²) in [7, 11) is 3.71. The molecule has 0 aromatic carbocycles. The lowest BCUT2D eigenvalue weighted by molar-refractivity contribution is -0.0277. The zero-order valence-corrected chi connectivity index (χ0v) is 10.9. The van der Waals surface area contributed by atoms with Crippen molar-refractivity contribution >= 4 is 0 Å². The second-order valence-corrected chi connectivity index (χ2v) is 4.55. The minimum Gasteiger partial charge on any atom is -0.379 e. The molecule has 3 nitrogen and oxygen atoms in total. The van der Waals surface area contributed by atoms with E-state index in [9.17, 15) is 0 Å². The highest BCUT2D eigenvalue weighted by Gasteiger charge is 2.17. The second kappa shape index (κ2) is 8.08. The molecule has 0 saturated carbocycles. The van der Waals surface area contributed by atoms with E-state index in [1.54, 1.807) is 7.11 Å². The van der Waals surface area contributed by atoms with Gasteiger partial charge >= 0.3 is 0 Å². The van der Waals surface area contributed by atoms with Gasteiger partial charge in [-0.3, -0.25) is 0 Å². The van der Waals surface area contributed by atoms with Crippen molar-refractivity contribution in [3.63, 3.8) is 0 Å². The lowest BCUT2D eigenvalue weighted by Gasteiger charge is -2.24. The molecule has 1 atom stereocenters. The van der Waals surface area contributed by atoms with Gasteiger partial charge in [-0.1, -0.05) is 13.3 Å². The standard InChI is InChI=1S/C12H27NO2/c1-6-7-11(10-13-4)15-9-8-12(2,3)14-5/h11,13H,6-10H2,1-5H3. The average Bonchev–Trinajstić information content (AvgIpc) is 2.18. The smallest absolute Gasteiger partial charge is 0.0699 e. The van der Waals surface area contributed by atoms with Gasteiger partial charge in [-0.2, -0.15) is 0 Å². The lowest BCUT2D eigenvalue weighted by Crippen LogP contribution is -2.30. The monoisotopic (exact) mass is 217 g/mol. The number of nitrogens with one attached hydrogen (secondary N) is 1. The first kappa shape index (κ1) is 14.9. The third-order valence-electron chi connectivity index (χ3n) is 2.65. The third-order valence-corrected chi connectivity index (χ3v) is 2.65. The van der Waals surface area contributed by atoms with Crippen molar-refractivity contribution in [2.45, 2.75) is 51.7 Å². The highest BCUT2D eigenvalue weighted by Crippen LogP contribution is 2.13. The van der Waals surface area contributed by atoms with Crippen molar-refractivity contribution in [3.8, 4) is 0 Å². The largest absolute Gasteiger partial charge is 0.379 e. The zero-order valence-electron chi connectivity index (χ0n) is 10.9. The zero-order chi connectivity index (χ0) is 11.7. The number of hydrogen-bond acceptors (Lipinski definition) is 3. The summed E-state index contributed by atoms with van der Waals surface area (Å²) in [5.41, 5.74) is -0.0730. The first-order valence-corrected chi connectivity index (χ1v) is 5.87. The molecule has 0 aromatic rings. The van der Waals surface area contributed by atoms with Crippen LogP contribution in [0.25, 0.3) is 0 Å². The Balaban J connectivity index is 3.69. The average molecular weight is 217 g/mol. The van der Waals surface area contributed by atoms with E-state index in [0.717, 1.165) is 26.0 Å². The van der Waals surface area contributed by atoms with E-state index in [1.165, 1.54) is 6.42 Å². The van der Waals surface area contributed by atoms with Crippen LogP contribution in [0.15, 0.2) is 0 Å². The van der Waals surface area contributed by atoms with Crippen LogP contribution >= 0.6 is 0 Å². The molecule has 3 heteroatoms. The Morgan fingerprint density at radius 1 is 1.33 bits per heavy atom. The summed E-state index contributed by atoms with van der Waals surface area (Å²) in [6, 6.07) is 0. The lowest BCUT2D eigenvalue weighted by atomic mass is 10.1. The fourth-order valence-electron chi connectivity index (χ4n) is 1.37. The van der Waals surface area contributed by atoms with Crippen molar-refractivity contribution in [3.05, 3.63) is 0 Å². The van der Waals surface area contributed by atoms with E-state index in [-0.39, 0.29) is 5.60 Å². The number of methoxy groups -OCH3 is 1. The van der Waals surface area contributed by atoms with Crippen LogP contribution in [0.1, 0.15) is 40.0 Å². The van der Waals surface area contributed by atoms with Crippen molar-refractivity contribution < 1.29 is 9.47 Å². The fraction of sp³-hybridized carbons (Fsp3) is 1.00. The van der Waals surface area contributed by atoms with Gasteiger partial charge in [0.25, 0.3) is 0 Å². The Morgan fingerprint density at radius 2 is 2.00 bits per heavy atom. The van der Waals surface area contributed by atoms with E-state index in [0.29, 0.717) is 6.10 Å². The van der Waals surface area contributed by atoms with Gasteiger partial charge in [0.1, 0.15) is 0 Å². The summed E-state index contributed by atoms with van der Waals surface area (Å²) in [4.78, 5) is 0. The molecule has 0 aliphatic heterocycles. The Morgan fingerprint density at radius 3 is 2.47 bits per heavy atom. The van der Waals surface area contributed by atoms with E-state index in [1.807, 2.05) is 7.05 Å². The Bertz CT molecular complexity index is 143. The second-order valence-electron chi connectivity index (χ2n) is 4.55. The number of ether oxygens (including phenoxy) is 2. The molecule has 0 aliphatic rings. The van der Waals surface area contributed by atoms with Crippen LogP contribution in [0.4, 0.5) is 0 Å². The molecule has 0 aliphatic carbocycles. The van der Waals surface area contributed by atoms with E-state index in [4.69, 9.17) is 9.47 Å². The molecular weight excluding hydrogens is 190 g/mol. The molecule has 15 heavy (non-hydrogen) atoms. The Kier molecular flexibility index (Phi) is 8.02. The minimum absolute atomic E-state index is 0.0730. The summed E-state index contributed by atoms with van der Waals surface area (Å²) < 4.78 is 11.2. The van der Waals surface area contributed by atoms with Gasteiger partial charge in [-0.05, 0) is 33.7 Å². The van der Waals surface area contributed by atoms with Gasteiger partial charge in [0.2, 0.25) is 0 Å². The first-order valence-electron chi connectivity index (χ1n) is 5.87. The predicted octanol–water partition coefficient (Wildman–Crippen LogP) is 2.21. The van der Waals surface area contributed by atoms with Crippen LogP contribution < -0.4 is 5.32 Å². The molecule has 1 unspecified atom stereocenters. The summed E-state index contributed by atoms with van der Waals surface area (Å²) in [5.74, 6) is 0. The normalized spacial score (nSPS) is 14.2. The molecule has 0 bridgehead atoms. The van der Waals surface area contributed by atoms with Crippen molar-refractivity contribution in [1.29, 1.82) is 0 Å². The quantitative estimate of drug-likeness (QED) is 0.642. The van der Waals surface area contributed by atoms with Gasteiger partial charge < -0.3 is 14.8 Å². The van der Waals surface area contributed by atoms with E-state index in [2.05, 4.69) is 26.1 Å². The highest BCUT2D eigenvalue weighted by molar-refractivity contribution is 4.68. The first-order chi connectivity index (χ1) is 7.05. The van der Waals surface area contributed by atoms with E-state index < -0.39 is 0 Å². The fourth-order valence-corrected chi connectivity index (χ4v) is 1.37. The van der Waals surface area contributed by atoms with Crippen LogP contribution in [0, 0.1) is 0 Å². The Hall–Kier alpha value is -0.120. The summed E-state index contributed by atoms with van der Waals surface area (Å²) in [6.07, 6.45) is 3.56. The molecule has 0 spiro atoms. The summed E-state index contributed by atoms with van der Waals surface area (Å²) >= 11 is 0. The molecule has 0 radical (unpaired) electrons. The van der Waals surface area contributed by atoms with Crippen molar-refractivity contribution in [2.24, 2.45) is 0 Å².